The van der Waals surface area contributed by atoms with Crippen molar-refractivity contribution in [1.82, 2.24) is 14.9 Å². The summed E-state index contributed by atoms with van der Waals surface area (Å²) in [5.74, 6) is 0. The van der Waals surface area contributed by atoms with Crippen LogP contribution in [0.5, 0.6) is 0 Å². The summed E-state index contributed by atoms with van der Waals surface area (Å²) in [5, 5.41) is 1.38. The minimum absolute atomic E-state index is 0.622. The van der Waals surface area contributed by atoms with Crippen molar-refractivity contribution in [3.8, 4) is 0 Å². The fraction of sp³-hybridized carbons (Fsp3) is 0.350. The lowest BCUT2D eigenvalue weighted by molar-refractivity contribution is 0.241. The number of hydrogen-bond acceptors (Lipinski definition) is 2. The fourth-order valence-electron chi connectivity index (χ4n) is 3.75. The van der Waals surface area contributed by atoms with E-state index in [1.807, 2.05) is 12.3 Å². The molecular weight excluding hydrogens is 282 g/mol. The van der Waals surface area contributed by atoms with Crippen molar-refractivity contribution < 1.29 is 0 Å². The summed E-state index contributed by atoms with van der Waals surface area (Å²) in [5.41, 5.74) is 5.20. The van der Waals surface area contributed by atoms with Gasteiger partial charge in [-0.1, -0.05) is 17.7 Å². The van der Waals surface area contributed by atoms with E-state index in [0.29, 0.717) is 6.04 Å². The second-order valence-corrected chi connectivity index (χ2v) is 6.65. The van der Waals surface area contributed by atoms with Crippen molar-refractivity contribution in [2.24, 2.45) is 0 Å². The molecule has 118 valence electrons. The molecule has 0 bridgehead atoms. The van der Waals surface area contributed by atoms with E-state index in [4.69, 9.17) is 0 Å². The minimum atomic E-state index is 0.622. The molecule has 1 N–H and O–H groups in total. The number of fused-ring (bicyclic) bond motifs is 1. The van der Waals surface area contributed by atoms with E-state index in [0.717, 1.165) is 13.0 Å². The number of aromatic nitrogens is 2. The average molecular weight is 305 g/mol. The van der Waals surface area contributed by atoms with Crippen LogP contribution in [0.1, 0.15) is 29.7 Å². The molecule has 3 heterocycles. The first-order chi connectivity index (χ1) is 11.3. The van der Waals surface area contributed by atoms with Crippen LogP contribution in [-0.2, 0) is 13.0 Å². The van der Waals surface area contributed by atoms with Gasteiger partial charge in [0.05, 0.1) is 5.69 Å². The second kappa shape index (κ2) is 6.17. The zero-order chi connectivity index (χ0) is 15.6. The number of aryl methyl sites for hydroxylation is 1. The molecule has 1 aromatic carbocycles. The maximum Gasteiger partial charge on any atom is 0.0544 e. The van der Waals surface area contributed by atoms with E-state index < -0.39 is 0 Å². The number of hydrogen-bond donors (Lipinski definition) is 1. The standard InChI is InChI=1S/C20H23N3/c1-15-7-8-20-19(11-15)16(13-22-20)12-18-6-4-10-23(18)14-17-5-2-3-9-21-17/h2-3,5,7-9,11,13,18,22H,4,6,10,12,14H2,1H3/t18-/m1/s1. The highest BCUT2D eigenvalue weighted by Crippen LogP contribution is 2.27. The number of nitrogens with one attached hydrogen (secondary N) is 1. The third-order valence-electron chi connectivity index (χ3n) is 4.97. The van der Waals surface area contributed by atoms with Crippen molar-refractivity contribution in [3.05, 3.63) is 65.6 Å². The molecule has 1 fully saturated rings. The largest absolute Gasteiger partial charge is 0.361 e. The van der Waals surface area contributed by atoms with Crippen LogP contribution in [0, 0.1) is 6.92 Å². The van der Waals surface area contributed by atoms with Crippen LogP contribution in [0.15, 0.2) is 48.8 Å². The number of H-pyrrole nitrogens is 1. The molecule has 3 heteroatoms. The van der Waals surface area contributed by atoms with Crippen LogP contribution in [-0.4, -0.2) is 27.5 Å². The summed E-state index contributed by atoms with van der Waals surface area (Å²) in [4.78, 5) is 10.5. The predicted molar refractivity (Wildman–Crippen MR) is 94.4 cm³/mol. The normalized spacial score (nSPS) is 18.7. The first-order valence-electron chi connectivity index (χ1n) is 8.50. The third-order valence-corrected chi connectivity index (χ3v) is 4.97. The van der Waals surface area contributed by atoms with Crippen molar-refractivity contribution >= 4 is 10.9 Å². The smallest absolute Gasteiger partial charge is 0.0544 e. The van der Waals surface area contributed by atoms with Gasteiger partial charge < -0.3 is 4.98 Å². The predicted octanol–water partition coefficient (Wildman–Crippen LogP) is 4.08. The van der Waals surface area contributed by atoms with E-state index >= 15 is 0 Å². The van der Waals surface area contributed by atoms with Gasteiger partial charge in [-0.3, -0.25) is 9.88 Å². The highest BCUT2D eigenvalue weighted by Gasteiger charge is 2.25. The first kappa shape index (κ1) is 14.5. The average Bonchev–Trinajstić information content (AvgIpc) is 3.16. The van der Waals surface area contributed by atoms with Gasteiger partial charge in [-0.05, 0) is 62.6 Å². The molecule has 0 aliphatic carbocycles. The van der Waals surface area contributed by atoms with Crippen LogP contribution >= 0.6 is 0 Å². The zero-order valence-electron chi connectivity index (χ0n) is 13.6. The topological polar surface area (TPSA) is 31.9 Å². The molecule has 0 amide bonds. The van der Waals surface area contributed by atoms with Crippen LogP contribution in [0.25, 0.3) is 10.9 Å². The summed E-state index contributed by atoms with van der Waals surface area (Å²) < 4.78 is 0. The zero-order valence-corrected chi connectivity index (χ0v) is 13.6. The Labute approximate surface area is 137 Å². The Bertz CT molecular complexity index is 791. The van der Waals surface area contributed by atoms with E-state index in [9.17, 15) is 0 Å². The van der Waals surface area contributed by atoms with Crippen LogP contribution in [0.3, 0.4) is 0 Å². The Hall–Kier alpha value is -2.13. The van der Waals surface area contributed by atoms with Crippen molar-refractivity contribution in [2.75, 3.05) is 6.54 Å². The van der Waals surface area contributed by atoms with Gasteiger partial charge in [0.25, 0.3) is 0 Å². The lowest BCUT2D eigenvalue weighted by atomic mass is 10.0. The Balaban J connectivity index is 1.53. The molecule has 3 aromatic rings. The molecule has 0 saturated carbocycles. The Morgan fingerprint density at radius 2 is 2.22 bits per heavy atom. The highest BCUT2D eigenvalue weighted by molar-refractivity contribution is 5.83. The van der Waals surface area contributed by atoms with Crippen molar-refractivity contribution in [3.63, 3.8) is 0 Å². The third kappa shape index (κ3) is 3.02. The van der Waals surface area contributed by atoms with Gasteiger partial charge in [0.15, 0.2) is 0 Å². The monoisotopic (exact) mass is 305 g/mol. The van der Waals surface area contributed by atoms with Crippen LogP contribution in [0.4, 0.5) is 0 Å². The molecule has 1 saturated heterocycles. The second-order valence-electron chi connectivity index (χ2n) is 6.65. The number of rotatable bonds is 4. The number of nitrogens with zero attached hydrogens (tertiary/aromatic N) is 2. The maximum atomic E-state index is 4.49. The first-order valence-corrected chi connectivity index (χ1v) is 8.50. The molecule has 1 atom stereocenters. The van der Waals surface area contributed by atoms with E-state index in [-0.39, 0.29) is 0 Å². The Morgan fingerprint density at radius 1 is 1.26 bits per heavy atom. The number of benzene rings is 1. The number of pyridine rings is 1. The molecule has 23 heavy (non-hydrogen) atoms. The van der Waals surface area contributed by atoms with Gasteiger partial charge in [-0.25, -0.2) is 0 Å². The molecule has 1 aliphatic rings. The molecule has 0 radical (unpaired) electrons. The van der Waals surface area contributed by atoms with Crippen molar-refractivity contribution in [1.29, 1.82) is 0 Å². The molecule has 1 aliphatic heterocycles. The molecule has 0 spiro atoms. The molecule has 2 aromatic heterocycles. The number of likely N-dealkylation sites (tertiary alicyclic amines) is 1. The fourth-order valence-corrected chi connectivity index (χ4v) is 3.75. The highest BCUT2D eigenvalue weighted by atomic mass is 15.2. The lowest BCUT2D eigenvalue weighted by Crippen LogP contribution is -2.30. The molecule has 4 rings (SSSR count). The summed E-state index contributed by atoms with van der Waals surface area (Å²) in [6.45, 7) is 4.31. The van der Waals surface area contributed by atoms with E-state index in [2.05, 4.69) is 58.3 Å². The van der Waals surface area contributed by atoms with Gasteiger partial charge in [0.1, 0.15) is 0 Å². The molecular formula is C20H23N3. The van der Waals surface area contributed by atoms with Gasteiger partial charge in [0.2, 0.25) is 0 Å². The van der Waals surface area contributed by atoms with Gasteiger partial charge in [-0.2, -0.15) is 0 Å². The van der Waals surface area contributed by atoms with Crippen LogP contribution in [0.2, 0.25) is 0 Å². The Kier molecular flexibility index (Phi) is 3.88. The van der Waals surface area contributed by atoms with Gasteiger partial charge >= 0.3 is 0 Å². The van der Waals surface area contributed by atoms with Gasteiger partial charge in [0, 0.05) is 35.9 Å². The van der Waals surface area contributed by atoms with E-state index in [1.165, 1.54) is 47.1 Å². The SMILES string of the molecule is Cc1ccc2[nH]cc(C[C@H]3CCCN3Cc3ccccn3)c2c1. The van der Waals surface area contributed by atoms with Gasteiger partial charge in [-0.15, -0.1) is 0 Å². The van der Waals surface area contributed by atoms with Crippen molar-refractivity contribution in [2.45, 2.75) is 38.8 Å². The summed E-state index contributed by atoms with van der Waals surface area (Å²) in [6, 6.07) is 13.5. The number of aromatic amines is 1. The van der Waals surface area contributed by atoms with E-state index in [1.54, 1.807) is 0 Å². The molecule has 0 unspecified atom stereocenters. The summed E-state index contributed by atoms with van der Waals surface area (Å²) >= 11 is 0. The molecule has 3 nitrogen and oxygen atoms in total. The Morgan fingerprint density at radius 3 is 3.09 bits per heavy atom. The summed E-state index contributed by atoms with van der Waals surface area (Å²) in [6.07, 6.45) is 7.78. The lowest BCUT2D eigenvalue weighted by Gasteiger charge is -2.24. The summed E-state index contributed by atoms with van der Waals surface area (Å²) in [7, 11) is 0. The minimum Gasteiger partial charge on any atom is -0.361 e. The quantitative estimate of drug-likeness (QED) is 0.787. The maximum absolute atomic E-state index is 4.49. The van der Waals surface area contributed by atoms with Crippen LogP contribution < -0.4 is 0 Å².